The van der Waals surface area contributed by atoms with E-state index in [1.165, 1.54) is 17.7 Å². The number of hydrogen-bond acceptors (Lipinski definition) is 5. The molecule has 0 saturated carbocycles. The Hall–Kier alpha value is -2.57. The molecule has 7 heteroatoms. The molecule has 0 aliphatic rings. The molecule has 0 atom stereocenters. The van der Waals surface area contributed by atoms with Crippen LogP contribution in [0.4, 0.5) is 5.82 Å². The number of carbonyl (C=O) groups excluding carboxylic acids is 2. The predicted octanol–water partition coefficient (Wildman–Crippen LogP) is 1.05. The number of rotatable bonds is 3. The first-order valence-electron chi connectivity index (χ1n) is 5.65. The Morgan fingerprint density at radius 1 is 1.32 bits per heavy atom. The minimum atomic E-state index is -0.269. The molecule has 1 N–H and O–H groups in total. The van der Waals surface area contributed by atoms with Crippen molar-refractivity contribution >= 4 is 18.0 Å². The molecular weight excluding hydrogens is 246 g/mol. The fourth-order valence-electron chi connectivity index (χ4n) is 1.68. The molecule has 1 amide bonds. The Kier molecular flexibility index (Phi) is 3.37. The number of nitrogens with one attached hydrogen (secondary N) is 1. The van der Waals surface area contributed by atoms with Crippen LogP contribution in [0.15, 0.2) is 12.1 Å². The minimum Gasteiger partial charge on any atom is -0.311 e. The molecule has 2 rings (SSSR count). The number of carbonyl (C=O) groups is 2. The third-order valence-corrected chi connectivity index (χ3v) is 2.36. The predicted molar refractivity (Wildman–Crippen MR) is 68.3 cm³/mol. The van der Waals surface area contributed by atoms with E-state index in [9.17, 15) is 9.59 Å². The molecule has 7 nitrogen and oxygen atoms in total. The van der Waals surface area contributed by atoms with Crippen LogP contribution in [-0.4, -0.2) is 31.9 Å². The van der Waals surface area contributed by atoms with Crippen LogP contribution in [0.3, 0.4) is 0 Å². The van der Waals surface area contributed by atoms with Gasteiger partial charge in [-0.15, -0.1) is 0 Å². The van der Waals surface area contributed by atoms with Crippen molar-refractivity contribution in [3.8, 4) is 5.95 Å². The highest BCUT2D eigenvalue weighted by Gasteiger charge is 2.10. The molecule has 0 spiro atoms. The summed E-state index contributed by atoms with van der Waals surface area (Å²) >= 11 is 0. The molecule has 98 valence electrons. The molecule has 0 bridgehead atoms. The Morgan fingerprint density at radius 3 is 2.58 bits per heavy atom. The second-order valence-electron chi connectivity index (χ2n) is 4.12. The summed E-state index contributed by atoms with van der Waals surface area (Å²) in [5, 5.41) is 6.77. The zero-order valence-electron chi connectivity index (χ0n) is 10.8. The van der Waals surface area contributed by atoms with Gasteiger partial charge in [-0.25, -0.2) is 9.67 Å². The van der Waals surface area contributed by atoms with Crippen LogP contribution in [0.2, 0.25) is 0 Å². The highest BCUT2D eigenvalue weighted by molar-refractivity contribution is 5.88. The maximum atomic E-state index is 11.0. The smallest absolute Gasteiger partial charge is 0.253 e. The zero-order valence-corrected chi connectivity index (χ0v) is 10.8. The van der Waals surface area contributed by atoms with E-state index in [0.29, 0.717) is 6.29 Å². The molecule has 0 aliphatic heterocycles. The average Bonchev–Trinajstić information content (AvgIpc) is 2.67. The van der Waals surface area contributed by atoms with E-state index >= 15 is 0 Å². The molecule has 0 aliphatic carbocycles. The number of hydrogen-bond donors (Lipinski definition) is 1. The van der Waals surface area contributed by atoms with Crippen LogP contribution in [0.5, 0.6) is 0 Å². The lowest BCUT2D eigenvalue weighted by atomic mass is 10.4. The number of amides is 1. The third-order valence-electron chi connectivity index (χ3n) is 2.36. The van der Waals surface area contributed by atoms with E-state index in [1.54, 1.807) is 0 Å². The molecule has 0 aromatic carbocycles. The summed E-state index contributed by atoms with van der Waals surface area (Å²) in [5.41, 5.74) is 1.84. The SMILES string of the molecule is CC(=O)Nc1cc(C=O)nc(-n2nc(C)cc2C)n1. The van der Waals surface area contributed by atoms with E-state index in [2.05, 4.69) is 20.4 Å². The highest BCUT2D eigenvalue weighted by atomic mass is 16.1. The van der Waals surface area contributed by atoms with E-state index in [-0.39, 0.29) is 23.4 Å². The molecule has 2 aromatic rings. The van der Waals surface area contributed by atoms with Gasteiger partial charge < -0.3 is 5.32 Å². The minimum absolute atomic E-state index is 0.182. The Morgan fingerprint density at radius 2 is 2.05 bits per heavy atom. The van der Waals surface area contributed by atoms with Gasteiger partial charge >= 0.3 is 0 Å². The van der Waals surface area contributed by atoms with Gasteiger partial charge in [0.2, 0.25) is 5.91 Å². The molecule has 0 saturated heterocycles. The van der Waals surface area contributed by atoms with Crippen LogP contribution in [0.1, 0.15) is 28.8 Å². The lowest BCUT2D eigenvalue weighted by Crippen LogP contribution is -2.12. The van der Waals surface area contributed by atoms with Gasteiger partial charge in [0.25, 0.3) is 5.95 Å². The van der Waals surface area contributed by atoms with Crippen LogP contribution in [0.25, 0.3) is 5.95 Å². The fraction of sp³-hybridized carbons (Fsp3) is 0.250. The molecule has 2 aromatic heterocycles. The molecular formula is C12H13N5O2. The number of anilines is 1. The summed E-state index contributed by atoms with van der Waals surface area (Å²) in [5.74, 6) is 0.251. The highest BCUT2D eigenvalue weighted by Crippen LogP contribution is 2.12. The topological polar surface area (TPSA) is 89.8 Å². The first kappa shape index (κ1) is 12.9. The van der Waals surface area contributed by atoms with Crippen molar-refractivity contribution in [1.82, 2.24) is 19.7 Å². The van der Waals surface area contributed by atoms with Crippen molar-refractivity contribution in [2.75, 3.05) is 5.32 Å². The van der Waals surface area contributed by atoms with E-state index in [1.807, 2.05) is 19.9 Å². The van der Waals surface area contributed by atoms with Crippen LogP contribution >= 0.6 is 0 Å². The molecule has 0 unspecified atom stereocenters. The van der Waals surface area contributed by atoms with Crippen LogP contribution < -0.4 is 5.32 Å². The van der Waals surface area contributed by atoms with Gasteiger partial charge in [-0.05, 0) is 19.9 Å². The van der Waals surface area contributed by atoms with Crippen molar-refractivity contribution in [3.05, 3.63) is 29.2 Å². The van der Waals surface area contributed by atoms with Gasteiger partial charge in [-0.3, -0.25) is 9.59 Å². The van der Waals surface area contributed by atoms with Crippen molar-refractivity contribution in [2.24, 2.45) is 0 Å². The van der Waals surface area contributed by atoms with Gasteiger partial charge in [-0.1, -0.05) is 0 Å². The van der Waals surface area contributed by atoms with Gasteiger partial charge in [0.05, 0.1) is 5.69 Å². The monoisotopic (exact) mass is 259 g/mol. The number of aromatic nitrogens is 4. The lowest BCUT2D eigenvalue weighted by molar-refractivity contribution is -0.114. The summed E-state index contributed by atoms with van der Waals surface area (Å²) in [6.07, 6.45) is 0.599. The first-order valence-corrected chi connectivity index (χ1v) is 5.65. The van der Waals surface area contributed by atoms with Crippen molar-refractivity contribution in [3.63, 3.8) is 0 Å². The Balaban J connectivity index is 2.53. The quantitative estimate of drug-likeness (QED) is 0.832. The maximum absolute atomic E-state index is 11.0. The van der Waals surface area contributed by atoms with Gasteiger partial charge in [0.1, 0.15) is 11.5 Å². The van der Waals surface area contributed by atoms with Crippen molar-refractivity contribution < 1.29 is 9.59 Å². The van der Waals surface area contributed by atoms with Gasteiger partial charge in [-0.2, -0.15) is 10.1 Å². The maximum Gasteiger partial charge on any atom is 0.253 e. The lowest BCUT2D eigenvalue weighted by Gasteiger charge is -2.06. The largest absolute Gasteiger partial charge is 0.311 e. The zero-order chi connectivity index (χ0) is 14.0. The molecule has 0 fully saturated rings. The Labute approximate surface area is 109 Å². The van der Waals surface area contributed by atoms with E-state index < -0.39 is 0 Å². The summed E-state index contributed by atoms with van der Waals surface area (Å²) in [7, 11) is 0. The second kappa shape index (κ2) is 4.97. The van der Waals surface area contributed by atoms with E-state index in [0.717, 1.165) is 11.4 Å². The van der Waals surface area contributed by atoms with Crippen LogP contribution in [0, 0.1) is 13.8 Å². The van der Waals surface area contributed by atoms with E-state index in [4.69, 9.17) is 0 Å². The average molecular weight is 259 g/mol. The summed E-state index contributed by atoms with van der Waals surface area (Å²) < 4.78 is 1.52. The molecule has 19 heavy (non-hydrogen) atoms. The molecule has 0 radical (unpaired) electrons. The first-order chi connectivity index (χ1) is 8.99. The van der Waals surface area contributed by atoms with Gasteiger partial charge in [0.15, 0.2) is 6.29 Å². The number of aryl methyl sites for hydroxylation is 2. The second-order valence-corrected chi connectivity index (χ2v) is 4.12. The molecule has 2 heterocycles. The van der Waals surface area contributed by atoms with Crippen molar-refractivity contribution in [1.29, 1.82) is 0 Å². The van der Waals surface area contributed by atoms with Crippen LogP contribution in [-0.2, 0) is 4.79 Å². The summed E-state index contributed by atoms with van der Waals surface area (Å²) in [6.45, 7) is 5.07. The Bertz CT molecular complexity index is 648. The fourth-order valence-corrected chi connectivity index (χ4v) is 1.68. The number of aldehydes is 1. The number of nitrogens with zero attached hydrogens (tertiary/aromatic N) is 4. The van der Waals surface area contributed by atoms with Crippen molar-refractivity contribution in [2.45, 2.75) is 20.8 Å². The summed E-state index contributed by atoms with van der Waals surface area (Å²) in [6, 6.07) is 3.28. The standard InChI is InChI=1S/C12H13N5O2/c1-7-4-8(2)17(16-7)12-14-10(6-18)5-11(15-12)13-9(3)19/h4-6H,1-3H3,(H,13,14,15,19). The third kappa shape index (κ3) is 2.82. The summed E-state index contributed by atoms with van der Waals surface area (Å²) in [4.78, 5) is 30.2. The normalized spacial score (nSPS) is 10.3. The van der Waals surface area contributed by atoms with Gasteiger partial charge in [0, 0.05) is 18.7 Å².